The summed E-state index contributed by atoms with van der Waals surface area (Å²) in [6.45, 7) is 0. The monoisotopic (exact) mass is 211 g/mol. The quantitative estimate of drug-likeness (QED) is 0.486. The van der Waals surface area contributed by atoms with E-state index >= 15 is 0 Å². The van der Waals surface area contributed by atoms with Crippen LogP contribution in [-0.2, 0) is 0 Å². The summed E-state index contributed by atoms with van der Waals surface area (Å²) in [5.41, 5.74) is 6.31. The number of nitrogens with one attached hydrogen (secondary N) is 2. The fraction of sp³-hybridized carbons (Fsp3) is 0. The summed E-state index contributed by atoms with van der Waals surface area (Å²) in [6, 6.07) is 3.01. The van der Waals surface area contributed by atoms with Gasteiger partial charge in [0.15, 0.2) is 5.58 Å². The van der Waals surface area contributed by atoms with E-state index in [0.29, 0.717) is 16.1 Å². The number of amidine groups is 1. The van der Waals surface area contributed by atoms with Crippen LogP contribution in [0.1, 0.15) is 5.56 Å². The minimum Gasteiger partial charge on any atom is -0.407 e. The second-order valence-corrected chi connectivity index (χ2v) is 3.19. The molecule has 0 bridgehead atoms. The first-order valence-electron chi connectivity index (χ1n) is 3.74. The number of aromatic nitrogens is 1. The van der Waals surface area contributed by atoms with Crippen molar-refractivity contribution in [3.8, 4) is 0 Å². The molecular formula is C8H6ClN3O2. The Labute approximate surface area is 83.0 Å². The highest BCUT2D eigenvalue weighted by molar-refractivity contribution is 6.32. The molecule has 1 heterocycles. The fourth-order valence-corrected chi connectivity index (χ4v) is 1.44. The van der Waals surface area contributed by atoms with Crippen LogP contribution in [0.25, 0.3) is 11.1 Å². The van der Waals surface area contributed by atoms with Crippen LogP contribution in [0.3, 0.4) is 0 Å². The summed E-state index contributed by atoms with van der Waals surface area (Å²) >= 11 is 5.76. The Bertz CT molecular complexity index is 569. The van der Waals surface area contributed by atoms with Crippen LogP contribution >= 0.6 is 11.6 Å². The summed E-state index contributed by atoms with van der Waals surface area (Å²) in [7, 11) is 0. The van der Waals surface area contributed by atoms with Gasteiger partial charge in [0.05, 0.1) is 11.1 Å². The topological polar surface area (TPSA) is 95.9 Å². The number of H-pyrrole nitrogens is 1. The van der Waals surface area contributed by atoms with Crippen molar-refractivity contribution in [1.29, 1.82) is 5.41 Å². The van der Waals surface area contributed by atoms with Gasteiger partial charge in [0.25, 0.3) is 0 Å². The molecule has 0 unspecified atom stereocenters. The zero-order valence-electron chi connectivity index (χ0n) is 6.93. The van der Waals surface area contributed by atoms with Gasteiger partial charge in [0, 0.05) is 5.02 Å². The molecule has 4 N–H and O–H groups in total. The zero-order valence-corrected chi connectivity index (χ0v) is 7.68. The Morgan fingerprint density at radius 2 is 2.29 bits per heavy atom. The van der Waals surface area contributed by atoms with Crippen molar-refractivity contribution in [3.63, 3.8) is 0 Å². The lowest BCUT2D eigenvalue weighted by Gasteiger charge is -1.98. The second kappa shape index (κ2) is 2.88. The lowest BCUT2D eigenvalue weighted by Crippen LogP contribution is -2.11. The van der Waals surface area contributed by atoms with E-state index in [2.05, 4.69) is 4.98 Å². The molecule has 5 nitrogen and oxygen atoms in total. The minimum atomic E-state index is -0.593. The van der Waals surface area contributed by atoms with E-state index in [4.69, 9.17) is 27.2 Å². The summed E-state index contributed by atoms with van der Waals surface area (Å²) in [5.74, 6) is -0.787. The highest BCUT2D eigenvalue weighted by atomic mass is 35.5. The average molecular weight is 212 g/mol. The molecule has 72 valence electrons. The summed E-state index contributed by atoms with van der Waals surface area (Å²) in [5, 5.41) is 7.66. The van der Waals surface area contributed by atoms with E-state index in [1.165, 1.54) is 12.1 Å². The van der Waals surface area contributed by atoms with Gasteiger partial charge < -0.3 is 10.2 Å². The highest BCUT2D eigenvalue weighted by Crippen LogP contribution is 2.21. The standard InChI is InChI=1S/C8H6ClN3O2/c9-3-1-4(7(10)11)6-5(2-3)12-8(13)14-6/h1-2H,(H3,10,11)(H,12,13). The number of nitrogen functional groups attached to an aromatic ring is 1. The number of nitrogens with two attached hydrogens (primary N) is 1. The van der Waals surface area contributed by atoms with Crippen molar-refractivity contribution in [2.75, 3.05) is 0 Å². The molecule has 0 saturated carbocycles. The molecule has 2 aromatic rings. The van der Waals surface area contributed by atoms with Crippen molar-refractivity contribution in [3.05, 3.63) is 33.3 Å². The predicted molar refractivity (Wildman–Crippen MR) is 52.9 cm³/mol. The Hall–Kier alpha value is -1.75. The van der Waals surface area contributed by atoms with Crippen LogP contribution in [0.15, 0.2) is 21.3 Å². The molecule has 0 amide bonds. The van der Waals surface area contributed by atoms with Crippen LogP contribution < -0.4 is 11.5 Å². The van der Waals surface area contributed by atoms with Gasteiger partial charge >= 0.3 is 5.76 Å². The van der Waals surface area contributed by atoms with Crippen molar-refractivity contribution in [2.45, 2.75) is 0 Å². The van der Waals surface area contributed by atoms with Crippen LogP contribution in [0, 0.1) is 5.41 Å². The molecule has 0 aliphatic heterocycles. The first kappa shape index (κ1) is 8.83. The maximum absolute atomic E-state index is 10.9. The largest absolute Gasteiger partial charge is 0.417 e. The maximum atomic E-state index is 10.9. The second-order valence-electron chi connectivity index (χ2n) is 2.76. The van der Waals surface area contributed by atoms with Gasteiger partial charge in [0.1, 0.15) is 5.84 Å². The number of oxazole rings is 1. The summed E-state index contributed by atoms with van der Waals surface area (Å²) < 4.78 is 4.82. The Balaban J connectivity index is 2.92. The summed E-state index contributed by atoms with van der Waals surface area (Å²) in [4.78, 5) is 13.3. The number of rotatable bonds is 1. The molecule has 0 fully saturated rings. The Morgan fingerprint density at radius 3 is 2.93 bits per heavy atom. The summed E-state index contributed by atoms with van der Waals surface area (Å²) in [6.07, 6.45) is 0. The van der Waals surface area contributed by atoms with Gasteiger partial charge in [-0.1, -0.05) is 11.6 Å². The smallest absolute Gasteiger partial charge is 0.407 e. The minimum absolute atomic E-state index is 0.194. The third kappa shape index (κ3) is 1.27. The SMILES string of the molecule is N=C(N)c1cc(Cl)cc2[nH]c(=O)oc12. The lowest BCUT2D eigenvalue weighted by atomic mass is 10.2. The third-order valence-electron chi connectivity index (χ3n) is 1.78. The average Bonchev–Trinajstić information content (AvgIpc) is 2.42. The first-order valence-corrected chi connectivity index (χ1v) is 4.12. The molecule has 0 saturated heterocycles. The van der Waals surface area contributed by atoms with Gasteiger partial charge in [-0.15, -0.1) is 0 Å². The number of hydrogen-bond donors (Lipinski definition) is 3. The van der Waals surface area contributed by atoms with Crippen molar-refractivity contribution >= 4 is 28.5 Å². The molecule has 2 rings (SSSR count). The molecule has 0 atom stereocenters. The number of halogens is 1. The van der Waals surface area contributed by atoms with Gasteiger partial charge in [0.2, 0.25) is 0 Å². The van der Waals surface area contributed by atoms with E-state index in [1.807, 2.05) is 0 Å². The zero-order chi connectivity index (χ0) is 10.3. The van der Waals surface area contributed by atoms with E-state index in [9.17, 15) is 4.79 Å². The molecule has 1 aromatic heterocycles. The van der Waals surface area contributed by atoms with Gasteiger partial charge in [-0.25, -0.2) is 4.79 Å². The number of hydrogen-bond acceptors (Lipinski definition) is 3. The molecule has 0 radical (unpaired) electrons. The van der Waals surface area contributed by atoms with E-state index < -0.39 is 5.76 Å². The predicted octanol–water partition coefficient (Wildman–Crippen LogP) is 1.06. The van der Waals surface area contributed by atoms with Crippen LogP contribution in [-0.4, -0.2) is 10.8 Å². The number of fused-ring (bicyclic) bond motifs is 1. The highest BCUT2D eigenvalue weighted by Gasteiger charge is 2.10. The van der Waals surface area contributed by atoms with Crippen LogP contribution in [0.4, 0.5) is 0 Å². The fourth-order valence-electron chi connectivity index (χ4n) is 1.22. The van der Waals surface area contributed by atoms with E-state index in [-0.39, 0.29) is 11.4 Å². The van der Waals surface area contributed by atoms with Gasteiger partial charge in [-0.2, -0.15) is 0 Å². The van der Waals surface area contributed by atoms with Crippen molar-refractivity contribution in [1.82, 2.24) is 4.98 Å². The van der Waals surface area contributed by atoms with Crippen LogP contribution in [0.5, 0.6) is 0 Å². The molecule has 0 spiro atoms. The van der Waals surface area contributed by atoms with Gasteiger partial charge in [-0.05, 0) is 12.1 Å². The Kier molecular flexibility index (Phi) is 1.82. The molecular weight excluding hydrogens is 206 g/mol. The van der Waals surface area contributed by atoms with Crippen molar-refractivity contribution in [2.24, 2.45) is 5.73 Å². The van der Waals surface area contributed by atoms with Crippen molar-refractivity contribution < 1.29 is 4.42 Å². The Morgan fingerprint density at radius 1 is 1.57 bits per heavy atom. The molecule has 14 heavy (non-hydrogen) atoms. The molecule has 0 aliphatic rings. The molecule has 0 aliphatic carbocycles. The molecule has 1 aromatic carbocycles. The normalized spacial score (nSPS) is 10.6. The first-order chi connectivity index (χ1) is 6.58. The third-order valence-corrected chi connectivity index (χ3v) is 1.99. The van der Waals surface area contributed by atoms with E-state index in [1.54, 1.807) is 0 Å². The maximum Gasteiger partial charge on any atom is 0.417 e. The van der Waals surface area contributed by atoms with Gasteiger partial charge in [-0.3, -0.25) is 10.4 Å². The lowest BCUT2D eigenvalue weighted by molar-refractivity contribution is 0.555. The molecule has 6 heteroatoms. The number of aromatic amines is 1. The van der Waals surface area contributed by atoms with E-state index in [0.717, 1.165) is 0 Å². The van der Waals surface area contributed by atoms with Crippen LogP contribution in [0.2, 0.25) is 5.02 Å². The number of benzene rings is 1.